The Morgan fingerprint density at radius 3 is 1.33 bits per heavy atom. The molecule has 0 saturated heterocycles. The molecule has 110 valence electrons. The number of nitrogens with one attached hydrogen (secondary N) is 1. The molecule has 0 fully saturated rings. The highest BCUT2D eigenvalue weighted by Gasteiger charge is 2.25. The van der Waals surface area contributed by atoms with Crippen molar-refractivity contribution in [2.75, 3.05) is 26.2 Å². The Balaban J connectivity index is 4.41. The highest BCUT2D eigenvalue weighted by Crippen LogP contribution is 2.11. The van der Waals surface area contributed by atoms with Crippen LogP contribution >= 0.6 is 0 Å². The molecule has 0 bridgehead atoms. The summed E-state index contributed by atoms with van der Waals surface area (Å²) in [5.41, 5.74) is 3.88. The number of nitrogens with zero attached hydrogens (tertiary/aromatic N) is 1. The first-order valence-electron chi connectivity index (χ1n) is 8.35. The summed E-state index contributed by atoms with van der Waals surface area (Å²) in [6, 6.07) is 0. The molecule has 0 radical (unpaired) electrons. The quantitative estimate of drug-likeness (QED) is 0.291. The Kier molecular flexibility index (Phi) is 11.9. The van der Waals surface area contributed by atoms with Crippen LogP contribution in [0.5, 0.6) is 0 Å². The van der Waals surface area contributed by atoms with E-state index in [0.29, 0.717) is 0 Å². The van der Waals surface area contributed by atoms with Gasteiger partial charge in [-0.05, 0) is 25.7 Å². The number of rotatable bonds is 13. The van der Waals surface area contributed by atoms with E-state index in [0.717, 1.165) is 0 Å². The normalized spacial score (nSPS) is 12.0. The molecule has 0 amide bonds. The summed E-state index contributed by atoms with van der Waals surface area (Å²) in [7, 11) is 0. The molecule has 1 N–H and O–H groups in total. The van der Waals surface area contributed by atoms with Gasteiger partial charge in [-0.15, -0.1) is 0 Å². The summed E-state index contributed by atoms with van der Waals surface area (Å²) in [4.78, 5) is 0. The van der Waals surface area contributed by atoms with Crippen molar-refractivity contribution >= 4 is 0 Å². The molecule has 0 aromatic heterocycles. The third-order valence-electron chi connectivity index (χ3n) is 3.80. The van der Waals surface area contributed by atoms with Crippen molar-refractivity contribution in [2.24, 2.45) is 0 Å². The molecule has 2 heteroatoms. The van der Waals surface area contributed by atoms with E-state index in [9.17, 15) is 0 Å². The first-order valence-corrected chi connectivity index (χ1v) is 8.35. The molecular formula is C16H37N2+. The maximum Gasteiger partial charge on any atom is 0.0962 e. The van der Waals surface area contributed by atoms with Crippen molar-refractivity contribution in [1.82, 2.24) is 5.43 Å². The highest BCUT2D eigenvalue weighted by atomic mass is 15.7. The number of quaternary nitrogens is 1. The van der Waals surface area contributed by atoms with Gasteiger partial charge in [0.25, 0.3) is 0 Å². The minimum Gasteiger partial charge on any atom is -0.246 e. The first-order chi connectivity index (χ1) is 8.74. The predicted octanol–water partition coefficient (Wildman–Crippen LogP) is 4.51. The van der Waals surface area contributed by atoms with Gasteiger partial charge in [-0.25, -0.2) is 4.59 Å². The lowest BCUT2D eigenvalue weighted by Gasteiger charge is -2.38. The van der Waals surface area contributed by atoms with Crippen LogP contribution < -0.4 is 5.43 Å². The van der Waals surface area contributed by atoms with Gasteiger partial charge in [-0.3, -0.25) is 0 Å². The Hall–Kier alpha value is -0.0800. The van der Waals surface area contributed by atoms with Crippen LogP contribution in [0.25, 0.3) is 0 Å². The maximum atomic E-state index is 3.88. The molecule has 0 spiro atoms. The second kappa shape index (κ2) is 12.0. The second-order valence-corrected chi connectivity index (χ2v) is 5.64. The van der Waals surface area contributed by atoms with Crippen LogP contribution in [-0.4, -0.2) is 30.8 Å². The average molecular weight is 257 g/mol. The fraction of sp³-hybridized carbons (Fsp3) is 1.00. The van der Waals surface area contributed by atoms with Gasteiger partial charge >= 0.3 is 0 Å². The lowest BCUT2D eigenvalue weighted by atomic mass is 10.2. The van der Waals surface area contributed by atoms with Crippen LogP contribution in [0.3, 0.4) is 0 Å². The van der Waals surface area contributed by atoms with E-state index >= 15 is 0 Å². The number of unbranched alkanes of at least 4 members (excludes halogenated alkanes) is 4. The Morgan fingerprint density at radius 1 is 0.611 bits per heavy atom. The molecule has 0 atom stereocenters. The third-order valence-corrected chi connectivity index (χ3v) is 3.80. The van der Waals surface area contributed by atoms with Gasteiger partial charge in [-0.1, -0.05) is 53.4 Å². The van der Waals surface area contributed by atoms with Crippen LogP contribution in [0, 0.1) is 0 Å². The Morgan fingerprint density at radius 2 is 1.00 bits per heavy atom. The third kappa shape index (κ3) is 8.10. The molecule has 0 rings (SSSR count). The Bertz CT molecular complexity index is 147. The molecule has 0 aromatic rings. The summed E-state index contributed by atoms with van der Waals surface area (Å²) >= 11 is 0. The van der Waals surface area contributed by atoms with E-state index < -0.39 is 0 Å². The van der Waals surface area contributed by atoms with Gasteiger partial charge in [0.05, 0.1) is 19.6 Å². The van der Waals surface area contributed by atoms with E-state index in [1.54, 1.807) is 0 Å². The van der Waals surface area contributed by atoms with E-state index in [1.165, 1.54) is 82.1 Å². The van der Waals surface area contributed by atoms with Gasteiger partial charge in [0.15, 0.2) is 0 Å². The van der Waals surface area contributed by atoms with Gasteiger partial charge in [0.1, 0.15) is 0 Å². The molecule has 0 aliphatic rings. The molecule has 0 aliphatic carbocycles. The topological polar surface area (TPSA) is 12.0 Å². The van der Waals surface area contributed by atoms with Crippen molar-refractivity contribution < 1.29 is 4.59 Å². The average Bonchev–Trinajstić information content (AvgIpc) is 2.40. The van der Waals surface area contributed by atoms with Crippen LogP contribution in [0.4, 0.5) is 0 Å². The largest absolute Gasteiger partial charge is 0.246 e. The first kappa shape index (κ1) is 17.9. The molecule has 0 heterocycles. The minimum atomic E-state index is 1.18. The van der Waals surface area contributed by atoms with Gasteiger partial charge < -0.3 is 0 Å². The zero-order valence-corrected chi connectivity index (χ0v) is 13.4. The van der Waals surface area contributed by atoms with Gasteiger partial charge in [-0.2, -0.15) is 5.43 Å². The van der Waals surface area contributed by atoms with Crippen molar-refractivity contribution in [3.63, 3.8) is 0 Å². The second-order valence-electron chi connectivity index (χ2n) is 5.64. The van der Waals surface area contributed by atoms with Crippen molar-refractivity contribution in [3.8, 4) is 0 Å². The van der Waals surface area contributed by atoms with Crippen molar-refractivity contribution in [1.29, 1.82) is 0 Å². The highest BCUT2D eigenvalue weighted by molar-refractivity contribution is 4.46. The molecule has 0 aromatic carbocycles. The zero-order chi connectivity index (χ0) is 13.7. The Labute approximate surface area is 116 Å². The van der Waals surface area contributed by atoms with Crippen LogP contribution in [-0.2, 0) is 0 Å². The molecule has 2 nitrogen and oxygen atoms in total. The zero-order valence-electron chi connectivity index (χ0n) is 13.4. The van der Waals surface area contributed by atoms with Crippen LogP contribution in [0.1, 0.15) is 79.1 Å². The molecule has 0 saturated carbocycles. The summed E-state index contributed by atoms with van der Waals surface area (Å²) in [6.45, 7) is 14.3. The molecule has 0 aliphatic heterocycles. The van der Waals surface area contributed by atoms with Crippen LogP contribution in [0.2, 0.25) is 0 Å². The summed E-state index contributed by atoms with van der Waals surface area (Å²) in [5, 5.41) is 0. The van der Waals surface area contributed by atoms with Crippen LogP contribution in [0.15, 0.2) is 0 Å². The monoisotopic (exact) mass is 257 g/mol. The lowest BCUT2D eigenvalue weighted by molar-refractivity contribution is -0.970. The van der Waals surface area contributed by atoms with Gasteiger partial charge in [0, 0.05) is 6.54 Å². The van der Waals surface area contributed by atoms with Crippen molar-refractivity contribution in [2.45, 2.75) is 79.1 Å². The van der Waals surface area contributed by atoms with E-state index in [-0.39, 0.29) is 0 Å². The number of hydrogen-bond donors (Lipinski definition) is 1. The fourth-order valence-electron chi connectivity index (χ4n) is 2.45. The van der Waals surface area contributed by atoms with Gasteiger partial charge in [0.2, 0.25) is 0 Å². The fourth-order valence-corrected chi connectivity index (χ4v) is 2.45. The summed E-state index contributed by atoms with van der Waals surface area (Å²) in [5.74, 6) is 0. The SMILES string of the molecule is CCCCN[N+](CCCC)(CCCC)CCCC. The van der Waals surface area contributed by atoms with E-state index in [1.807, 2.05) is 0 Å². The lowest BCUT2D eigenvalue weighted by Crippen LogP contribution is -2.59. The maximum absolute atomic E-state index is 3.88. The smallest absolute Gasteiger partial charge is 0.0962 e. The summed E-state index contributed by atoms with van der Waals surface area (Å²) < 4.78 is 1.18. The van der Waals surface area contributed by atoms with E-state index in [2.05, 4.69) is 33.1 Å². The predicted molar refractivity (Wildman–Crippen MR) is 82.5 cm³/mol. The summed E-state index contributed by atoms with van der Waals surface area (Å²) in [6.07, 6.45) is 10.6. The van der Waals surface area contributed by atoms with E-state index in [4.69, 9.17) is 0 Å². The molecule has 0 unspecified atom stereocenters. The minimum absolute atomic E-state index is 1.18. The molecule has 18 heavy (non-hydrogen) atoms. The molecular weight excluding hydrogens is 220 g/mol. The standard InChI is InChI=1S/C16H37N2/c1-5-9-13-17-18(14-10-6-2,15-11-7-3)16-12-8-4/h17H,5-16H2,1-4H3/q+1. The van der Waals surface area contributed by atoms with Crippen molar-refractivity contribution in [3.05, 3.63) is 0 Å². The number of hydrogen-bond acceptors (Lipinski definition) is 1.